The highest BCUT2D eigenvalue weighted by Gasteiger charge is 2.22. The lowest BCUT2D eigenvalue weighted by Crippen LogP contribution is -2.28. The van der Waals surface area contributed by atoms with Gasteiger partial charge >= 0.3 is 0 Å². The van der Waals surface area contributed by atoms with Crippen molar-refractivity contribution in [1.29, 1.82) is 0 Å². The van der Waals surface area contributed by atoms with Gasteiger partial charge in [-0.3, -0.25) is 4.79 Å². The Labute approximate surface area is 118 Å². The van der Waals surface area contributed by atoms with Crippen LogP contribution >= 0.6 is 31.9 Å². The van der Waals surface area contributed by atoms with E-state index in [1.54, 1.807) is 0 Å². The van der Waals surface area contributed by atoms with Crippen LogP contribution in [0.15, 0.2) is 28.7 Å². The Kier molecular flexibility index (Phi) is 4.62. The van der Waals surface area contributed by atoms with Crippen LogP contribution in [0.5, 0.6) is 0 Å². The molecule has 1 aromatic rings. The van der Waals surface area contributed by atoms with E-state index >= 15 is 0 Å². The van der Waals surface area contributed by atoms with Crippen molar-refractivity contribution in [2.75, 3.05) is 6.54 Å². The first-order valence-electron chi connectivity index (χ1n) is 5.83. The highest BCUT2D eigenvalue weighted by Crippen LogP contribution is 2.30. The Morgan fingerprint density at radius 1 is 1.29 bits per heavy atom. The van der Waals surface area contributed by atoms with Gasteiger partial charge in [0.25, 0.3) is 5.91 Å². The summed E-state index contributed by atoms with van der Waals surface area (Å²) in [4.78, 5) is 12.5. The fraction of sp³-hybridized carbons (Fsp3) is 0.462. The van der Waals surface area contributed by atoms with E-state index in [9.17, 15) is 4.79 Å². The average Bonchev–Trinajstić information content (AvgIpc) is 2.73. The Morgan fingerprint density at radius 2 is 2.00 bits per heavy atom. The summed E-state index contributed by atoms with van der Waals surface area (Å²) in [7, 11) is 0. The molecule has 1 saturated carbocycles. The SMILES string of the molecule is O=C(NCC1CCC(Br)C1)c1ccc(Br)cc1. The van der Waals surface area contributed by atoms with E-state index < -0.39 is 0 Å². The summed E-state index contributed by atoms with van der Waals surface area (Å²) in [5.41, 5.74) is 0.724. The summed E-state index contributed by atoms with van der Waals surface area (Å²) in [6, 6.07) is 7.45. The Balaban J connectivity index is 1.83. The lowest BCUT2D eigenvalue weighted by Gasteiger charge is -2.10. The van der Waals surface area contributed by atoms with Crippen molar-refractivity contribution in [2.24, 2.45) is 5.92 Å². The van der Waals surface area contributed by atoms with Gasteiger partial charge in [0.15, 0.2) is 0 Å². The molecule has 0 saturated heterocycles. The van der Waals surface area contributed by atoms with E-state index in [1.165, 1.54) is 19.3 Å². The zero-order valence-electron chi connectivity index (χ0n) is 9.46. The van der Waals surface area contributed by atoms with Crippen LogP contribution in [0.3, 0.4) is 0 Å². The van der Waals surface area contributed by atoms with E-state index in [4.69, 9.17) is 0 Å². The fourth-order valence-corrected chi connectivity index (χ4v) is 3.20. The van der Waals surface area contributed by atoms with Gasteiger partial charge in [0.2, 0.25) is 0 Å². The number of nitrogens with one attached hydrogen (secondary N) is 1. The van der Waals surface area contributed by atoms with Crippen LogP contribution in [0.1, 0.15) is 29.6 Å². The van der Waals surface area contributed by atoms with E-state index in [1.807, 2.05) is 24.3 Å². The minimum atomic E-state index is 0.0236. The van der Waals surface area contributed by atoms with Crippen LogP contribution in [0.4, 0.5) is 0 Å². The molecule has 2 unspecified atom stereocenters. The Hall–Kier alpha value is -0.350. The number of amides is 1. The summed E-state index contributed by atoms with van der Waals surface area (Å²) >= 11 is 6.98. The molecule has 0 aliphatic heterocycles. The Morgan fingerprint density at radius 3 is 2.59 bits per heavy atom. The zero-order chi connectivity index (χ0) is 12.3. The van der Waals surface area contributed by atoms with Gasteiger partial charge in [0.1, 0.15) is 0 Å². The van der Waals surface area contributed by atoms with Crippen molar-refractivity contribution in [3.63, 3.8) is 0 Å². The summed E-state index contributed by atoms with van der Waals surface area (Å²) in [5, 5.41) is 3.01. The summed E-state index contributed by atoms with van der Waals surface area (Å²) < 4.78 is 0.993. The van der Waals surface area contributed by atoms with Gasteiger partial charge in [0, 0.05) is 21.4 Å². The number of carbonyl (C=O) groups excluding carboxylic acids is 1. The molecular formula is C13H15Br2NO. The van der Waals surface area contributed by atoms with Crippen molar-refractivity contribution < 1.29 is 4.79 Å². The molecule has 0 radical (unpaired) electrons. The van der Waals surface area contributed by atoms with Crippen LogP contribution in [-0.2, 0) is 0 Å². The van der Waals surface area contributed by atoms with Gasteiger partial charge in [-0.15, -0.1) is 0 Å². The maximum atomic E-state index is 11.9. The molecule has 1 fully saturated rings. The molecule has 17 heavy (non-hydrogen) atoms. The van der Waals surface area contributed by atoms with Crippen molar-refractivity contribution in [3.8, 4) is 0 Å². The Bertz CT molecular complexity index is 391. The molecule has 1 aliphatic rings. The molecule has 2 atom stereocenters. The first kappa shape index (κ1) is 13.1. The predicted octanol–water partition coefficient (Wildman–Crippen LogP) is 3.74. The number of benzene rings is 1. The van der Waals surface area contributed by atoms with Gasteiger partial charge in [-0.25, -0.2) is 0 Å². The largest absolute Gasteiger partial charge is 0.352 e. The van der Waals surface area contributed by atoms with Crippen molar-refractivity contribution >= 4 is 37.8 Å². The molecule has 1 aromatic carbocycles. The van der Waals surface area contributed by atoms with Gasteiger partial charge in [0.05, 0.1) is 0 Å². The number of alkyl halides is 1. The summed E-state index contributed by atoms with van der Waals surface area (Å²) in [6.45, 7) is 0.789. The average molecular weight is 361 g/mol. The molecule has 4 heteroatoms. The fourth-order valence-electron chi connectivity index (χ4n) is 2.14. The topological polar surface area (TPSA) is 29.1 Å². The van der Waals surface area contributed by atoms with E-state index in [0.717, 1.165) is 16.6 Å². The number of hydrogen-bond acceptors (Lipinski definition) is 1. The first-order chi connectivity index (χ1) is 8.15. The van der Waals surface area contributed by atoms with Crippen molar-refractivity contribution in [1.82, 2.24) is 5.32 Å². The maximum absolute atomic E-state index is 11.9. The van der Waals surface area contributed by atoms with Crippen molar-refractivity contribution in [2.45, 2.75) is 24.1 Å². The first-order valence-corrected chi connectivity index (χ1v) is 7.54. The third-order valence-corrected chi connectivity index (χ3v) is 4.50. The third-order valence-electron chi connectivity index (χ3n) is 3.13. The van der Waals surface area contributed by atoms with Crippen LogP contribution in [0.25, 0.3) is 0 Å². The predicted molar refractivity (Wildman–Crippen MR) is 76.5 cm³/mol. The minimum Gasteiger partial charge on any atom is -0.352 e. The molecule has 2 rings (SSSR count). The molecule has 2 nitrogen and oxygen atoms in total. The second-order valence-corrected chi connectivity index (χ2v) is 6.70. The highest BCUT2D eigenvalue weighted by molar-refractivity contribution is 9.10. The zero-order valence-corrected chi connectivity index (χ0v) is 12.6. The standard InChI is InChI=1S/C13H15Br2NO/c14-11-5-2-10(3-6-11)13(17)16-8-9-1-4-12(15)7-9/h2-3,5-6,9,12H,1,4,7-8H2,(H,16,17). The minimum absolute atomic E-state index is 0.0236. The van der Waals surface area contributed by atoms with Gasteiger partial charge in [-0.1, -0.05) is 31.9 Å². The molecule has 1 amide bonds. The molecule has 92 valence electrons. The van der Waals surface area contributed by atoms with E-state index in [0.29, 0.717) is 10.7 Å². The monoisotopic (exact) mass is 359 g/mol. The smallest absolute Gasteiger partial charge is 0.251 e. The van der Waals surface area contributed by atoms with E-state index in [-0.39, 0.29) is 5.91 Å². The van der Waals surface area contributed by atoms with Crippen LogP contribution in [-0.4, -0.2) is 17.3 Å². The molecule has 0 bridgehead atoms. The second-order valence-electron chi connectivity index (χ2n) is 4.49. The van der Waals surface area contributed by atoms with E-state index in [2.05, 4.69) is 37.2 Å². The number of halogens is 2. The number of rotatable bonds is 3. The summed E-state index contributed by atoms with van der Waals surface area (Å²) in [6.07, 6.45) is 3.59. The van der Waals surface area contributed by atoms with Crippen LogP contribution < -0.4 is 5.32 Å². The second kappa shape index (κ2) is 6.01. The summed E-state index contributed by atoms with van der Waals surface area (Å²) in [5.74, 6) is 0.647. The lowest BCUT2D eigenvalue weighted by molar-refractivity contribution is 0.0947. The normalized spacial score (nSPS) is 23.6. The molecule has 0 spiro atoms. The van der Waals surface area contributed by atoms with Gasteiger partial charge in [-0.05, 0) is 49.4 Å². The number of carbonyl (C=O) groups is 1. The molecular weight excluding hydrogens is 346 g/mol. The quantitative estimate of drug-likeness (QED) is 0.817. The lowest BCUT2D eigenvalue weighted by atomic mass is 10.1. The van der Waals surface area contributed by atoms with Crippen molar-refractivity contribution in [3.05, 3.63) is 34.3 Å². The third kappa shape index (κ3) is 3.81. The molecule has 0 heterocycles. The number of hydrogen-bond donors (Lipinski definition) is 1. The van der Waals surface area contributed by atoms with Gasteiger partial charge < -0.3 is 5.32 Å². The maximum Gasteiger partial charge on any atom is 0.251 e. The molecule has 1 aliphatic carbocycles. The van der Waals surface area contributed by atoms with Gasteiger partial charge in [-0.2, -0.15) is 0 Å². The van der Waals surface area contributed by atoms with Crippen LogP contribution in [0.2, 0.25) is 0 Å². The molecule has 1 N–H and O–H groups in total. The molecule has 0 aromatic heterocycles. The van der Waals surface area contributed by atoms with Crippen LogP contribution in [0, 0.1) is 5.92 Å². The highest BCUT2D eigenvalue weighted by atomic mass is 79.9.